The average molecular weight is 174 g/mol. The molecule has 1 aliphatic carbocycles. The maximum atomic E-state index is 10.1. The Morgan fingerprint density at radius 1 is 1.50 bits per heavy atom. The fraction of sp³-hybridized carbons (Fsp3) is 0.875. The smallest absolute Gasteiger partial charge is 0.329 e. The zero-order valence-electron chi connectivity index (χ0n) is 6.90. The molecule has 0 radical (unpaired) electrons. The van der Waals surface area contributed by atoms with E-state index in [1.807, 2.05) is 0 Å². The second-order valence-electron chi connectivity index (χ2n) is 3.15. The van der Waals surface area contributed by atoms with Gasteiger partial charge in [-0.3, -0.25) is 0 Å². The van der Waals surface area contributed by atoms with Gasteiger partial charge in [0.1, 0.15) is 6.61 Å². The Bertz CT molecular complexity index is 157. The van der Waals surface area contributed by atoms with Gasteiger partial charge in [0.2, 0.25) is 0 Å². The fourth-order valence-electron chi connectivity index (χ4n) is 1.46. The Balaban J connectivity index is 2.18. The zero-order valence-corrected chi connectivity index (χ0v) is 6.90. The van der Waals surface area contributed by atoms with Crippen molar-refractivity contribution in [3.63, 3.8) is 0 Å². The van der Waals surface area contributed by atoms with Gasteiger partial charge < -0.3 is 14.9 Å². The highest BCUT2D eigenvalue weighted by molar-refractivity contribution is 5.68. The first kappa shape index (κ1) is 9.48. The molecular weight excluding hydrogens is 160 g/mol. The molecule has 2 N–H and O–H groups in total. The van der Waals surface area contributed by atoms with Crippen molar-refractivity contribution < 1.29 is 19.7 Å². The maximum absolute atomic E-state index is 10.1. The molecule has 12 heavy (non-hydrogen) atoms. The summed E-state index contributed by atoms with van der Waals surface area (Å²) in [4.78, 5) is 10.1. The molecule has 0 amide bonds. The van der Waals surface area contributed by atoms with Crippen molar-refractivity contribution in [3.05, 3.63) is 0 Å². The summed E-state index contributed by atoms with van der Waals surface area (Å²) in [7, 11) is 0. The van der Waals surface area contributed by atoms with Crippen molar-refractivity contribution in [2.24, 2.45) is 0 Å². The first-order valence-electron chi connectivity index (χ1n) is 4.20. The van der Waals surface area contributed by atoms with Crippen LogP contribution in [0.5, 0.6) is 0 Å². The molecule has 0 aromatic rings. The molecule has 0 bridgehead atoms. The lowest BCUT2D eigenvalue weighted by molar-refractivity contribution is -0.145. The monoisotopic (exact) mass is 174 g/mol. The second kappa shape index (κ2) is 4.42. The molecule has 0 aliphatic heterocycles. The van der Waals surface area contributed by atoms with E-state index in [-0.39, 0.29) is 18.8 Å². The number of carbonyl (C=O) groups is 1. The van der Waals surface area contributed by atoms with E-state index in [9.17, 15) is 9.90 Å². The number of hydrogen-bond acceptors (Lipinski definition) is 3. The van der Waals surface area contributed by atoms with E-state index < -0.39 is 5.97 Å². The largest absolute Gasteiger partial charge is 0.480 e. The summed E-state index contributed by atoms with van der Waals surface area (Å²) in [5.74, 6) is -0.949. The predicted molar refractivity (Wildman–Crippen MR) is 41.9 cm³/mol. The van der Waals surface area contributed by atoms with E-state index >= 15 is 0 Å². The number of aliphatic hydroxyl groups is 1. The molecule has 0 heterocycles. The molecule has 1 aliphatic rings. The summed E-state index contributed by atoms with van der Waals surface area (Å²) < 4.78 is 5.06. The van der Waals surface area contributed by atoms with Gasteiger partial charge in [0, 0.05) is 0 Å². The van der Waals surface area contributed by atoms with Crippen LogP contribution in [-0.2, 0) is 9.53 Å². The minimum absolute atomic E-state index is 0.0650. The van der Waals surface area contributed by atoms with Crippen LogP contribution in [0.2, 0.25) is 0 Å². The molecule has 0 aromatic carbocycles. The average Bonchev–Trinajstić information content (AvgIpc) is 2.01. The van der Waals surface area contributed by atoms with Gasteiger partial charge in [0.05, 0.1) is 12.2 Å². The summed E-state index contributed by atoms with van der Waals surface area (Å²) in [6, 6.07) is 0. The van der Waals surface area contributed by atoms with E-state index in [1.165, 1.54) is 0 Å². The highest BCUT2D eigenvalue weighted by atomic mass is 16.5. The molecule has 1 rings (SSSR count). The van der Waals surface area contributed by atoms with Gasteiger partial charge in [-0.25, -0.2) is 4.79 Å². The van der Waals surface area contributed by atoms with Gasteiger partial charge in [-0.05, 0) is 25.7 Å². The van der Waals surface area contributed by atoms with Gasteiger partial charge in [0.25, 0.3) is 0 Å². The third-order valence-corrected chi connectivity index (χ3v) is 2.04. The molecule has 2 atom stereocenters. The second-order valence-corrected chi connectivity index (χ2v) is 3.15. The van der Waals surface area contributed by atoms with E-state index in [2.05, 4.69) is 0 Å². The lowest BCUT2D eigenvalue weighted by Gasteiger charge is -2.25. The number of ether oxygens (including phenoxy) is 1. The fourth-order valence-corrected chi connectivity index (χ4v) is 1.46. The van der Waals surface area contributed by atoms with Crippen LogP contribution in [0, 0.1) is 0 Å². The lowest BCUT2D eigenvalue weighted by atomic mass is 9.95. The number of aliphatic carboxylic acids is 1. The van der Waals surface area contributed by atoms with Crippen molar-refractivity contribution >= 4 is 5.97 Å². The topological polar surface area (TPSA) is 66.8 Å². The Morgan fingerprint density at radius 3 is 2.83 bits per heavy atom. The summed E-state index contributed by atoms with van der Waals surface area (Å²) in [5, 5.41) is 17.5. The highest BCUT2D eigenvalue weighted by Crippen LogP contribution is 2.20. The van der Waals surface area contributed by atoms with Gasteiger partial charge >= 0.3 is 5.97 Å². The number of aliphatic hydroxyl groups excluding tert-OH is 1. The van der Waals surface area contributed by atoms with Crippen molar-refractivity contribution in [3.8, 4) is 0 Å². The third kappa shape index (κ3) is 3.19. The molecule has 4 heteroatoms. The number of rotatable bonds is 3. The van der Waals surface area contributed by atoms with Gasteiger partial charge in [-0.2, -0.15) is 0 Å². The van der Waals surface area contributed by atoms with Crippen LogP contribution < -0.4 is 0 Å². The van der Waals surface area contributed by atoms with E-state index in [0.717, 1.165) is 19.3 Å². The van der Waals surface area contributed by atoms with Crippen LogP contribution in [0.3, 0.4) is 0 Å². The summed E-state index contributed by atoms with van der Waals surface area (Å²) in [6.07, 6.45) is 2.80. The zero-order chi connectivity index (χ0) is 8.97. The Hall–Kier alpha value is -0.610. The first-order chi connectivity index (χ1) is 5.68. The number of hydrogen-bond donors (Lipinski definition) is 2. The summed E-state index contributed by atoms with van der Waals surface area (Å²) >= 11 is 0. The standard InChI is InChI=1S/C8H14O4/c9-6-2-1-3-7(4-6)12-5-8(10)11/h6-7,9H,1-5H2,(H,10,11). The lowest BCUT2D eigenvalue weighted by Crippen LogP contribution is -2.27. The van der Waals surface area contributed by atoms with E-state index in [1.54, 1.807) is 0 Å². The van der Waals surface area contributed by atoms with Crippen LogP contribution in [-0.4, -0.2) is 35.0 Å². The van der Waals surface area contributed by atoms with Gasteiger partial charge in [0.15, 0.2) is 0 Å². The van der Waals surface area contributed by atoms with Crippen molar-refractivity contribution in [2.45, 2.75) is 37.9 Å². The van der Waals surface area contributed by atoms with Crippen LogP contribution in [0.25, 0.3) is 0 Å². The van der Waals surface area contributed by atoms with Crippen LogP contribution in [0.15, 0.2) is 0 Å². The molecule has 2 unspecified atom stereocenters. The van der Waals surface area contributed by atoms with Gasteiger partial charge in [-0.15, -0.1) is 0 Å². The number of carboxylic acids is 1. The molecule has 70 valence electrons. The minimum atomic E-state index is -0.949. The highest BCUT2D eigenvalue weighted by Gasteiger charge is 2.20. The molecule has 0 saturated heterocycles. The number of carboxylic acid groups (broad SMARTS) is 1. The predicted octanol–water partition coefficient (Wildman–Crippen LogP) is 0.391. The third-order valence-electron chi connectivity index (χ3n) is 2.04. The van der Waals surface area contributed by atoms with Crippen LogP contribution >= 0.6 is 0 Å². The van der Waals surface area contributed by atoms with Crippen molar-refractivity contribution in [2.75, 3.05) is 6.61 Å². The molecule has 0 spiro atoms. The maximum Gasteiger partial charge on any atom is 0.329 e. The van der Waals surface area contributed by atoms with Crippen LogP contribution in [0.1, 0.15) is 25.7 Å². The van der Waals surface area contributed by atoms with Crippen molar-refractivity contribution in [1.29, 1.82) is 0 Å². The Kier molecular flexibility index (Phi) is 3.49. The van der Waals surface area contributed by atoms with Crippen molar-refractivity contribution in [1.82, 2.24) is 0 Å². The Labute approximate surface area is 71.2 Å². The first-order valence-corrected chi connectivity index (χ1v) is 4.20. The van der Waals surface area contributed by atoms with Crippen LogP contribution in [0.4, 0.5) is 0 Å². The van der Waals surface area contributed by atoms with E-state index in [4.69, 9.17) is 9.84 Å². The molecule has 4 nitrogen and oxygen atoms in total. The SMILES string of the molecule is O=C(O)COC1CCCC(O)C1. The summed E-state index contributed by atoms with van der Waals surface area (Å²) in [5.41, 5.74) is 0. The molecule has 1 saturated carbocycles. The quantitative estimate of drug-likeness (QED) is 0.649. The Morgan fingerprint density at radius 2 is 2.25 bits per heavy atom. The molecular formula is C8H14O4. The molecule has 0 aromatic heterocycles. The summed E-state index contributed by atoms with van der Waals surface area (Å²) in [6.45, 7) is -0.253. The normalized spacial score (nSPS) is 30.1. The van der Waals surface area contributed by atoms with E-state index in [0.29, 0.717) is 6.42 Å². The minimum Gasteiger partial charge on any atom is -0.480 e. The van der Waals surface area contributed by atoms with Gasteiger partial charge in [-0.1, -0.05) is 0 Å². The molecule has 1 fully saturated rings.